The molecular weight excluding hydrogens is 483 g/mol. The Morgan fingerprint density at radius 2 is 1.77 bits per heavy atom. The van der Waals surface area contributed by atoms with Crippen LogP contribution in [-0.4, -0.2) is 58.7 Å². The number of nitrogens with zero attached hydrogens (tertiary/aromatic N) is 3. The van der Waals surface area contributed by atoms with Gasteiger partial charge >= 0.3 is 0 Å². The molecule has 0 saturated carbocycles. The molecule has 0 aromatic carbocycles. The van der Waals surface area contributed by atoms with Crippen molar-refractivity contribution in [3.05, 3.63) is 11.1 Å². The van der Waals surface area contributed by atoms with Crippen LogP contribution >= 0.6 is 58.4 Å². The van der Waals surface area contributed by atoms with Crippen molar-refractivity contribution in [3.8, 4) is 0 Å². The minimum atomic E-state index is -0.127. The topological polar surface area (TPSA) is 62.5 Å². The highest BCUT2D eigenvalue weighted by molar-refractivity contribution is 7.80. The number of alkyl halides is 3. The molecule has 0 radical (unpaired) electrons. The van der Waals surface area contributed by atoms with Crippen LogP contribution in [0.1, 0.15) is 45.2 Å². The van der Waals surface area contributed by atoms with E-state index in [0.717, 1.165) is 48.8 Å². The summed E-state index contributed by atoms with van der Waals surface area (Å²) in [5.41, 5.74) is 6.49. The van der Waals surface area contributed by atoms with Gasteiger partial charge in [0.1, 0.15) is 0 Å². The highest BCUT2D eigenvalue weighted by Crippen LogP contribution is 2.26. The van der Waals surface area contributed by atoms with Crippen molar-refractivity contribution in [2.24, 2.45) is 17.6 Å². The van der Waals surface area contributed by atoms with E-state index in [0.29, 0.717) is 11.0 Å². The van der Waals surface area contributed by atoms with E-state index in [1.807, 2.05) is 0 Å². The average Bonchev–Trinajstić information content (AvgIpc) is 3.23. The van der Waals surface area contributed by atoms with E-state index in [1.165, 1.54) is 25.7 Å². The van der Waals surface area contributed by atoms with E-state index in [1.54, 1.807) is 11.3 Å². The molecule has 0 aliphatic carbocycles. The summed E-state index contributed by atoms with van der Waals surface area (Å²) in [4.78, 5) is 18.9. The maximum absolute atomic E-state index is 9.92. The molecule has 172 valence electrons. The molecule has 3 rings (SSSR count). The Labute approximate surface area is 205 Å². The second-order valence-corrected chi connectivity index (χ2v) is 9.84. The first-order chi connectivity index (χ1) is 14.3. The Hall–Kier alpha value is -0.340. The fourth-order valence-electron chi connectivity index (χ4n) is 3.29. The summed E-state index contributed by atoms with van der Waals surface area (Å²) in [6, 6.07) is 0. The largest absolute Gasteiger partial charge is 0.376 e. The fraction of sp³-hybridized carbons (Fsp3) is 0.750. The van der Waals surface area contributed by atoms with Gasteiger partial charge in [0.2, 0.25) is 0 Å². The van der Waals surface area contributed by atoms with E-state index in [9.17, 15) is 4.79 Å². The van der Waals surface area contributed by atoms with E-state index < -0.39 is 0 Å². The van der Waals surface area contributed by atoms with Crippen LogP contribution in [0.25, 0.3) is 0 Å². The molecule has 2 saturated heterocycles. The van der Waals surface area contributed by atoms with Crippen LogP contribution in [0, 0.1) is 11.8 Å². The number of nitrogens with two attached hydrogens (primary N) is 1. The van der Waals surface area contributed by atoms with E-state index in [4.69, 9.17) is 52.8 Å². The zero-order valence-electron chi connectivity index (χ0n) is 17.8. The molecule has 2 aliphatic heterocycles. The van der Waals surface area contributed by atoms with E-state index >= 15 is 0 Å². The number of piperidine rings is 2. The van der Waals surface area contributed by atoms with Crippen molar-refractivity contribution in [1.82, 2.24) is 9.88 Å². The number of Topliss-reactive ketones (excluding diaryl/α,β-unsaturated/α-hetero) is 1. The summed E-state index contributed by atoms with van der Waals surface area (Å²) >= 11 is 22.4. The number of hydrogen-bond donors (Lipinski definition) is 1. The quantitative estimate of drug-likeness (QED) is 0.444. The first-order valence-corrected chi connectivity index (χ1v) is 13.1. The number of thiocarbonyl (C=S) groups is 1. The second kappa shape index (κ2) is 15.5. The lowest BCUT2D eigenvalue weighted by molar-refractivity contribution is -0.114. The lowest BCUT2D eigenvalue weighted by Gasteiger charge is -2.31. The van der Waals surface area contributed by atoms with Gasteiger partial charge in [0, 0.05) is 31.6 Å². The third-order valence-corrected chi connectivity index (χ3v) is 6.95. The van der Waals surface area contributed by atoms with Gasteiger partial charge in [0.05, 0.1) is 23.3 Å². The summed E-state index contributed by atoms with van der Waals surface area (Å²) in [6.07, 6.45) is 5.19. The van der Waals surface area contributed by atoms with Gasteiger partial charge in [-0.1, -0.05) is 13.8 Å². The first-order valence-electron chi connectivity index (χ1n) is 10.2. The minimum Gasteiger partial charge on any atom is -0.376 e. The molecule has 1 aromatic rings. The summed E-state index contributed by atoms with van der Waals surface area (Å²) < 4.78 is 0. The number of rotatable bonds is 4. The van der Waals surface area contributed by atoms with E-state index in [-0.39, 0.29) is 17.5 Å². The molecule has 2 fully saturated rings. The van der Waals surface area contributed by atoms with Gasteiger partial charge in [-0.25, -0.2) is 4.98 Å². The van der Waals surface area contributed by atoms with Crippen molar-refractivity contribution in [1.29, 1.82) is 0 Å². The Morgan fingerprint density at radius 3 is 2.17 bits per heavy atom. The van der Waals surface area contributed by atoms with Crippen LogP contribution in [0.3, 0.4) is 0 Å². The number of likely N-dealkylation sites (tertiary alicyclic amines) is 1. The molecule has 0 amide bonds. The normalized spacial score (nSPS) is 21.1. The van der Waals surface area contributed by atoms with Crippen molar-refractivity contribution < 1.29 is 4.79 Å². The smallest absolute Gasteiger partial charge is 0.185 e. The summed E-state index contributed by atoms with van der Waals surface area (Å²) in [6.45, 7) is 8.95. The molecule has 3 heterocycles. The number of carbonyl (C=O) groups is 1. The van der Waals surface area contributed by atoms with Gasteiger partial charge in [-0.3, -0.25) is 4.79 Å². The molecular formula is C20H33Cl3N4OS2. The predicted molar refractivity (Wildman–Crippen MR) is 135 cm³/mol. The number of aromatic nitrogens is 1. The zero-order chi connectivity index (χ0) is 22.5. The number of thiazole rings is 1. The Balaban J connectivity index is 0.000000247. The average molecular weight is 516 g/mol. The van der Waals surface area contributed by atoms with E-state index in [2.05, 4.69) is 34.0 Å². The summed E-state index contributed by atoms with van der Waals surface area (Å²) in [5.74, 6) is 2.02. The molecule has 2 aliphatic rings. The van der Waals surface area contributed by atoms with Gasteiger partial charge in [-0.15, -0.1) is 46.1 Å². The fourth-order valence-corrected chi connectivity index (χ4v) is 4.83. The van der Waals surface area contributed by atoms with Crippen LogP contribution in [-0.2, 0) is 10.7 Å². The van der Waals surface area contributed by atoms with Crippen LogP contribution in [0.4, 0.5) is 5.13 Å². The number of ketones is 1. The SMILES string of the molecule is CC1CCCN(C(N)=S)C1.CC1CCCN(c2nc(CCl)cs2)C1.O=C(CCl)CCl. The Morgan fingerprint density at radius 1 is 1.17 bits per heavy atom. The van der Waals surface area contributed by atoms with Gasteiger partial charge in [-0.2, -0.15) is 0 Å². The molecule has 2 atom stereocenters. The number of halogens is 3. The van der Waals surface area contributed by atoms with Crippen LogP contribution < -0.4 is 10.6 Å². The molecule has 1 aromatic heterocycles. The minimum absolute atomic E-state index is 0.0312. The molecule has 10 heteroatoms. The lowest BCUT2D eigenvalue weighted by atomic mass is 10.0. The maximum Gasteiger partial charge on any atom is 0.185 e. The van der Waals surface area contributed by atoms with Crippen molar-refractivity contribution in [2.75, 3.05) is 42.8 Å². The molecule has 0 bridgehead atoms. The highest BCUT2D eigenvalue weighted by atomic mass is 35.5. The molecule has 0 spiro atoms. The Bertz CT molecular complexity index is 641. The van der Waals surface area contributed by atoms with Gasteiger partial charge < -0.3 is 15.5 Å². The van der Waals surface area contributed by atoms with Crippen LogP contribution in [0.15, 0.2) is 5.38 Å². The standard InChI is InChI=1S/C10H15ClN2S.C7H14N2S.C3H4Cl2O/c1-8-3-2-4-13(6-8)10-12-9(5-11)7-14-10;1-6-3-2-4-9(5-6)7(8)10;4-1-3(6)2-5/h7-8H,2-6H2,1H3;6H,2-5H2,1H3,(H2,8,10);1-2H2. The molecule has 5 nitrogen and oxygen atoms in total. The highest BCUT2D eigenvalue weighted by Gasteiger charge is 2.18. The lowest BCUT2D eigenvalue weighted by Crippen LogP contribution is -2.42. The third-order valence-electron chi connectivity index (χ3n) is 4.87. The van der Waals surface area contributed by atoms with Crippen LogP contribution in [0.2, 0.25) is 0 Å². The Kier molecular flexibility index (Phi) is 14.3. The predicted octanol–water partition coefficient (Wildman–Crippen LogP) is 5.11. The van der Waals surface area contributed by atoms with Crippen LogP contribution in [0.5, 0.6) is 0 Å². The third kappa shape index (κ3) is 10.8. The monoisotopic (exact) mass is 514 g/mol. The zero-order valence-corrected chi connectivity index (χ0v) is 21.7. The van der Waals surface area contributed by atoms with Gasteiger partial charge in [0.15, 0.2) is 16.0 Å². The number of hydrogen-bond acceptors (Lipinski definition) is 5. The molecule has 30 heavy (non-hydrogen) atoms. The van der Waals surface area contributed by atoms with Crippen molar-refractivity contribution in [2.45, 2.75) is 45.4 Å². The van der Waals surface area contributed by atoms with Crippen molar-refractivity contribution >= 4 is 74.4 Å². The summed E-state index contributed by atoms with van der Waals surface area (Å²) in [7, 11) is 0. The maximum atomic E-state index is 9.92. The molecule has 2 unspecified atom stereocenters. The molecule has 2 N–H and O–H groups in total. The van der Waals surface area contributed by atoms with Crippen molar-refractivity contribution in [3.63, 3.8) is 0 Å². The summed E-state index contributed by atoms with van der Waals surface area (Å²) in [5, 5.41) is 3.76. The number of anilines is 1. The first kappa shape index (κ1) is 27.7. The van der Waals surface area contributed by atoms with Gasteiger partial charge in [0.25, 0.3) is 0 Å². The second-order valence-electron chi connectivity index (χ2n) is 7.79. The van der Waals surface area contributed by atoms with Gasteiger partial charge in [-0.05, 0) is 49.7 Å². The number of carbonyl (C=O) groups excluding carboxylic acids is 1.